The Labute approximate surface area is 60.5 Å². The number of nitrogens with zero attached hydrogens (tertiary/aromatic N) is 3. The molecule has 0 aliphatic heterocycles. The van der Waals surface area contributed by atoms with Crippen molar-refractivity contribution in [3.63, 3.8) is 0 Å². The molecule has 0 aliphatic carbocycles. The van der Waals surface area contributed by atoms with Gasteiger partial charge in [0.1, 0.15) is 0 Å². The Bertz CT molecular complexity index is 170. The molecule has 0 aromatic carbocycles. The van der Waals surface area contributed by atoms with Crippen LogP contribution in [0.4, 0.5) is 0 Å². The van der Waals surface area contributed by atoms with E-state index in [1.54, 1.807) is 6.20 Å². The van der Waals surface area contributed by atoms with E-state index in [0.29, 0.717) is 0 Å². The summed E-state index contributed by atoms with van der Waals surface area (Å²) in [6.45, 7) is 4.06. The molecule has 0 saturated heterocycles. The molecule has 0 bridgehead atoms. The van der Waals surface area contributed by atoms with Crippen molar-refractivity contribution >= 4 is 0 Å². The van der Waals surface area contributed by atoms with Gasteiger partial charge in [-0.05, 0) is 6.42 Å². The first-order chi connectivity index (χ1) is 4.86. The molecule has 0 atom stereocenters. The minimum atomic E-state index is 0.817. The number of rotatable bonds is 2. The average molecular weight is 137 g/mol. The number of aryl methyl sites for hydroxylation is 2. The fourth-order valence-electron chi connectivity index (χ4n) is 0.647. The largest absolute Gasteiger partial charge is 0.238 e. The van der Waals surface area contributed by atoms with E-state index in [9.17, 15) is 0 Å². The maximum atomic E-state index is 4.09. The number of hydrogen-bond acceptors (Lipinski definition) is 3. The molecule has 1 heterocycles. The van der Waals surface area contributed by atoms with Crippen LogP contribution in [-0.4, -0.2) is 15.2 Å². The molecule has 0 radical (unpaired) electrons. The normalized spacial score (nSPS) is 9.80. The van der Waals surface area contributed by atoms with E-state index < -0.39 is 0 Å². The van der Waals surface area contributed by atoms with Gasteiger partial charge in [-0.3, -0.25) is 0 Å². The Morgan fingerprint density at radius 1 is 1.20 bits per heavy atom. The maximum Gasteiger partial charge on any atom is 0.150 e. The van der Waals surface area contributed by atoms with Crippen LogP contribution >= 0.6 is 0 Å². The van der Waals surface area contributed by atoms with Crippen molar-refractivity contribution < 1.29 is 0 Å². The van der Waals surface area contributed by atoms with Crippen molar-refractivity contribution in [2.75, 3.05) is 0 Å². The predicted octanol–water partition coefficient (Wildman–Crippen LogP) is 0.996. The number of hydrogen-bond donors (Lipinski definition) is 0. The molecular weight excluding hydrogens is 126 g/mol. The van der Waals surface area contributed by atoms with Gasteiger partial charge in [-0.15, -0.1) is 5.10 Å². The lowest BCUT2D eigenvalue weighted by molar-refractivity contribution is 0.803. The molecule has 54 valence electrons. The van der Waals surface area contributed by atoms with Gasteiger partial charge in [0.15, 0.2) is 5.82 Å². The smallest absolute Gasteiger partial charge is 0.150 e. The summed E-state index contributed by atoms with van der Waals surface area (Å²) in [6, 6.07) is 0. The van der Waals surface area contributed by atoms with E-state index in [1.165, 1.54) is 0 Å². The van der Waals surface area contributed by atoms with Gasteiger partial charge in [0.05, 0.1) is 11.9 Å². The summed E-state index contributed by atoms with van der Waals surface area (Å²) in [5, 5.41) is 7.86. The van der Waals surface area contributed by atoms with Crippen LogP contribution in [0.25, 0.3) is 0 Å². The third-order valence-corrected chi connectivity index (χ3v) is 1.33. The van der Waals surface area contributed by atoms with Crippen LogP contribution in [0.3, 0.4) is 0 Å². The molecule has 10 heavy (non-hydrogen) atoms. The summed E-state index contributed by atoms with van der Waals surface area (Å²) in [7, 11) is 0. The summed E-state index contributed by atoms with van der Waals surface area (Å²) in [5.41, 5.74) is 0.956. The zero-order valence-electron chi connectivity index (χ0n) is 6.33. The molecule has 0 spiro atoms. The highest BCUT2D eigenvalue weighted by Crippen LogP contribution is 1.91. The van der Waals surface area contributed by atoms with Crippen molar-refractivity contribution in [1.82, 2.24) is 15.2 Å². The monoisotopic (exact) mass is 137 g/mol. The van der Waals surface area contributed by atoms with Crippen LogP contribution in [0, 0.1) is 0 Å². The summed E-state index contributed by atoms with van der Waals surface area (Å²) >= 11 is 0. The second kappa shape index (κ2) is 3.25. The van der Waals surface area contributed by atoms with E-state index in [2.05, 4.69) is 15.2 Å². The van der Waals surface area contributed by atoms with Gasteiger partial charge in [0.2, 0.25) is 0 Å². The average Bonchev–Trinajstić information content (AvgIpc) is 2.05. The Balaban J connectivity index is 2.80. The van der Waals surface area contributed by atoms with Crippen molar-refractivity contribution in [3.05, 3.63) is 17.7 Å². The quantitative estimate of drug-likeness (QED) is 0.610. The van der Waals surface area contributed by atoms with Crippen LogP contribution in [0.15, 0.2) is 6.20 Å². The molecule has 0 amide bonds. The first kappa shape index (κ1) is 7.12. The molecule has 0 unspecified atom stereocenters. The fraction of sp³-hybridized carbons (Fsp3) is 0.571. The third kappa shape index (κ3) is 1.50. The maximum absolute atomic E-state index is 4.09. The number of aromatic nitrogens is 3. The second-order valence-corrected chi connectivity index (χ2v) is 2.07. The van der Waals surface area contributed by atoms with Gasteiger partial charge in [-0.25, -0.2) is 4.98 Å². The lowest BCUT2D eigenvalue weighted by Crippen LogP contribution is -1.98. The first-order valence-corrected chi connectivity index (χ1v) is 3.54. The van der Waals surface area contributed by atoms with Crippen molar-refractivity contribution in [3.8, 4) is 0 Å². The lowest BCUT2D eigenvalue weighted by Gasteiger charge is -1.93. The summed E-state index contributed by atoms with van der Waals surface area (Å²) in [6.07, 6.45) is 3.55. The second-order valence-electron chi connectivity index (χ2n) is 2.07. The van der Waals surface area contributed by atoms with E-state index in [-0.39, 0.29) is 0 Å². The van der Waals surface area contributed by atoms with Gasteiger partial charge < -0.3 is 0 Å². The molecule has 0 fully saturated rings. The lowest BCUT2D eigenvalue weighted by atomic mass is 10.4. The van der Waals surface area contributed by atoms with Gasteiger partial charge in [0, 0.05) is 6.42 Å². The van der Waals surface area contributed by atoms with Crippen molar-refractivity contribution in [2.45, 2.75) is 26.7 Å². The summed E-state index contributed by atoms with van der Waals surface area (Å²) in [4.78, 5) is 4.09. The highest BCUT2D eigenvalue weighted by Gasteiger charge is 1.92. The van der Waals surface area contributed by atoms with Gasteiger partial charge in [0.25, 0.3) is 0 Å². The Hall–Kier alpha value is -0.990. The molecule has 3 nitrogen and oxygen atoms in total. The van der Waals surface area contributed by atoms with E-state index >= 15 is 0 Å². The van der Waals surface area contributed by atoms with Crippen LogP contribution in [0.2, 0.25) is 0 Å². The molecule has 3 heteroatoms. The fourth-order valence-corrected chi connectivity index (χ4v) is 0.647. The zero-order chi connectivity index (χ0) is 7.40. The minimum absolute atomic E-state index is 0.817. The summed E-state index contributed by atoms with van der Waals surface area (Å²) < 4.78 is 0. The minimum Gasteiger partial charge on any atom is -0.238 e. The van der Waals surface area contributed by atoms with Crippen LogP contribution in [-0.2, 0) is 12.8 Å². The van der Waals surface area contributed by atoms with E-state index in [0.717, 1.165) is 24.4 Å². The molecule has 1 aromatic heterocycles. The molecule has 0 aliphatic rings. The van der Waals surface area contributed by atoms with E-state index in [4.69, 9.17) is 0 Å². The van der Waals surface area contributed by atoms with Gasteiger partial charge >= 0.3 is 0 Å². The molecule has 1 rings (SSSR count). The Kier molecular flexibility index (Phi) is 2.31. The Morgan fingerprint density at radius 2 is 2.00 bits per heavy atom. The SMILES string of the molecule is CCc1cnc(CC)nn1. The van der Waals surface area contributed by atoms with Crippen LogP contribution < -0.4 is 0 Å². The van der Waals surface area contributed by atoms with Gasteiger partial charge in [-0.1, -0.05) is 13.8 Å². The zero-order valence-corrected chi connectivity index (χ0v) is 6.33. The third-order valence-electron chi connectivity index (χ3n) is 1.33. The highest BCUT2D eigenvalue weighted by atomic mass is 15.1. The Morgan fingerprint density at radius 3 is 2.40 bits per heavy atom. The molecule has 1 aromatic rings. The topological polar surface area (TPSA) is 38.7 Å². The van der Waals surface area contributed by atoms with Crippen LogP contribution in [0.1, 0.15) is 25.4 Å². The van der Waals surface area contributed by atoms with E-state index in [1.807, 2.05) is 13.8 Å². The molecule has 0 N–H and O–H groups in total. The standard InChI is InChI=1S/C7H11N3/c1-3-6-5-8-7(4-2)10-9-6/h5H,3-4H2,1-2H3. The van der Waals surface area contributed by atoms with Crippen molar-refractivity contribution in [1.29, 1.82) is 0 Å². The molecular formula is C7H11N3. The van der Waals surface area contributed by atoms with Gasteiger partial charge in [-0.2, -0.15) is 5.10 Å². The van der Waals surface area contributed by atoms with Crippen LogP contribution in [0.5, 0.6) is 0 Å². The summed E-state index contributed by atoms with van der Waals surface area (Å²) in [5.74, 6) is 0.817. The highest BCUT2D eigenvalue weighted by molar-refractivity contribution is 4.93. The predicted molar refractivity (Wildman–Crippen MR) is 38.6 cm³/mol. The molecule has 0 saturated carbocycles. The van der Waals surface area contributed by atoms with Crippen molar-refractivity contribution in [2.24, 2.45) is 0 Å². The first-order valence-electron chi connectivity index (χ1n) is 3.54.